The molecule has 2 aliphatic rings. The molecule has 1 fully saturated rings. The lowest BCUT2D eigenvalue weighted by atomic mass is 10.1. The summed E-state index contributed by atoms with van der Waals surface area (Å²) in [5.74, 6) is -0.786. The average molecular weight is 344 g/mol. The van der Waals surface area contributed by atoms with Gasteiger partial charge in [0.2, 0.25) is 15.9 Å². The van der Waals surface area contributed by atoms with Crippen molar-refractivity contribution in [1.82, 2.24) is 4.31 Å². The number of sulfonamides is 1. The number of amides is 2. The number of carbonyl (C=O) groups excluding carboxylic acids is 2. The van der Waals surface area contributed by atoms with E-state index >= 15 is 0 Å². The van der Waals surface area contributed by atoms with Gasteiger partial charge in [-0.3, -0.25) is 9.59 Å². The first-order valence-electron chi connectivity index (χ1n) is 7.84. The van der Waals surface area contributed by atoms with Gasteiger partial charge in [-0.2, -0.15) is 4.31 Å². The first-order chi connectivity index (χ1) is 11.4. The fraction of sp³-hybridized carbons (Fsp3) is 0.294. The van der Waals surface area contributed by atoms with E-state index in [0.29, 0.717) is 35.1 Å². The molecule has 0 atom stereocenters. The minimum atomic E-state index is -3.61. The number of hydrogen-bond donors (Lipinski definition) is 0. The zero-order valence-corrected chi connectivity index (χ0v) is 14.0. The van der Waals surface area contributed by atoms with Crippen LogP contribution >= 0.6 is 0 Å². The normalized spacial score (nSPS) is 17.9. The second kappa shape index (κ2) is 5.12. The lowest BCUT2D eigenvalue weighted by molar-refractivity contribution is -0.115. The Morgan fingerprint density at radius 3 is 2.46 bits per heavy atom. The highest BCUT2D eigenvalue weighted by Gasteiger charge is 2.36. The number of benzene rings is 2. The van der Waals surface area contributed by atoms with Crippen molar-refractivity contribution in [1.29, 1.82) is 0 Å². The topological polar surface area (TPSA) is 74.8 Å². The van der Waals surface area contributed by atoms with Crippen molar-refractivity contribution >= 4 is 38.3 Å². The smallest absolute Gasteiger partial charge is 0.265 e. The first kappa shape index (κ1) is 15.3. The van der Waals surface area contributed by atoms with E-state index in [1.807, 2.05) is 0 Å². The van der Waals surface area contributed by atoms with E-state index in [1.54, 1.807) is 24.3 Å². The summed E-state index contributed by atoms with van der Waals surface area (Å²) in [5.41, 5.74) is 0.828. The van der Waals surface area contributed by atoms with Crippen LogP contribution in [0.1, 0.15) is 30.1 Å². The van der Waals surface area contributed by atoms with Crippen LogP contribution < -0.4 is 4.90 Å². The Labute approximate surface area is 139 Å². The minimum Gasteiger partial charge on any atom is -0.274 e. The molecule has 6 nitrogen and oxygen atoms in total. The molecule has 1 saturated heterocycles. The van der Waals surface area contributed by atoms with Gasteiger partial charge in [0, 0.05) is 30.8 Å². The minimum absolute atomic E-state index is 0.197. The van der Waals surface area contributed by atoms with Crippen LogP contribution in [0.5, 0.6) is 0 Å². The Morgan fingerprint density at radius 1 is 1.08 bits per heavy atom. The van der Waals surface area contributed by atoms with Crippen molar-refractivity contribution in [3.05, 3.63) is 35.9 Å². The number of anilines is 1. The molecule has 24 heavy (non-hydrogen) atoms. The molecule has 2 amide bonds. The van der Waals surface area contributed by atoms with E-state index in [9.17, 15) is 18.0 Å². The van der Waals surface area contributed by atoms with Crippen molar-refractivity contribution in [2.45, 2.75) is 24.7 Å². The Morgan fingerprint density at radius 2 is 1.79 bits per heavy atom. The predicted octanol–water partition coefficient (Wildman–Crippen LogP) is 2.13. The molecule has 2 aromatic carbocycles. The van der Waals surface area contributed by atoms with Crippen LogP contribution in [0, 0.1) is 0 Å². The lowest BCUT2D eigenvalue weighted by Gasteiger charge is -2.18. The summed E-state index contributed by atoms with van der Waals surface area (Å²) in [6.07, 6.45) is 1.72. The second-order valence-electron chi connectivity index (χ2n) is 6.08. The zero-order valence-electron chi connectivity index (χ0n) is 13.2. The maximum Gasteiger partial charge on any atom is 0.265 e. The molecule has 124 valence electrons. The van der Waals surface area contributed by atoms with Crippen LogP contribution in [0.2, 0.25) is 0 Å². The van der Waals surface area contributed by atoms with Gasteiger partial charge in [-0.05, 0) is 31.0 Å². The van der Waals surface area contributed by atoms with Crippen molar-refractivity contribution in [2.24, 2.45) is 0 Å². The maximum atomic E-state index is 12.9. The summed E-state index contributed by atoms with van der Waals surface area (Å²) < 4.78 is 27.4. The zero-order chi connectivity index (χ0) is 17.1. The van der Waals surface area contributed by atoms with E-state index in [2.05, 4.69) is 0 Å². The molecule has 0 spiro atoms. The summed E-state index contributed by atoms with van der Waals surface area (Å²) in [5, 5.41) is 1.03. The van der Waals surface area contributed by atoms with Gasteiger partial charge in [0.25, 0.3) is 5.91 Å². The first-order valence-corrected chi connectivity index (χ1v) is 9.28. The van der Waals surface area contributed by atoms with Gasteiger partial charge in [0.1, 0.15) is 0 Å². The summed E-state index contributed by atoms with van der Waals surface area (Å²) in [6, 6.07) is 8.04. The Bertz CT molecular complexity index is 991. The van der Waals surface area contributed by atoms with Gasteiger partial charge in [-0.1, -0.05) is 12.1 Å². The fourth-order valence-corrected chi connectivity index (χ4v) is 5.27. The van der Waals surface area contributed by atoms with Crippen LogP contribution in [0.25, 0.3) is 10.8 Å². The number of rotatable bonds is 2. The van der Waals surface area contributed by atoms with Gasteiger partial charge in [0.05, 0.1) is 16.1 Å². The largest absolute Gasteiger partial charge is 0.274 e. The highest BCUT2D eigenvalue weighted by atomic mass is 32.2. The fourth-order valence-electron chi connectivity index (χ4n) is 3.56. The van der Waals surface area contributed by atoms with E-state index < -0.39 is 15.9 Å². The van der Waals surface area contributed by atoms with E-state index in [1.165, 1.54) is 17.3 Å². The summed E-state index contributed by atoms with van der Waals surface area (Å²) in [4.78, 5) is 25.6. The van der Waals surface area contributed by atoms with Crippen LogP contribution in [0.15, 0.2) is 35.2 Å². The van der Waals surface area contributed by atoms with Gasteiger partial charge in [0.15, 0.2) is 0 Å². The molecule has 2 aliphatic heterocycles. The number of hydrogen-bond acceptors (Lipinski definition) is 4. The van der Waals surface area contributed by atoms with Crippen molar-refractivity contribution < 1.29 is 18.0 Å². The molecule has 2 aromatic rings. The molecule has 0 radical (unpaired) electrons. The summed E-state index contributed by atoms with van der Waals surface area (Å²) in [6.45, 7) is 2.36. The molecule has 0 unspecified atom stereocenters. The second-order valence-corrected chi connectivity index (χ2v) is 7.99. The van der Waals surface area contributed by atoms with Crippen LogP contribution in [0.3, 0.4) is 0 Å². The van der Waals surface area contributed by atoms with Crippen LogP contribution in [-0.2, 0) is 14.8 Å². The van der Waals surface area contributed by atoms with Crippen LogP contribution in [0.4, 0.5) is 5.69 Å². The predicted molar refractivity (Wildman–Crippen MR) is 89.4 cm³/mol. The quantitative estimate of drug-likeness (QED) is 0.836. The van der Waals surface area contributed by atoms with Gasteiger partial charge < -0.3 is 0 Å². The lowest BCUT2D eigenvalue weighted by Crippen LogP contribution is -2.31. The van der Waals surface area contributed by atoms with E-state index in [-0.39, 0.29) is 10.8 Å². The Balaban J connectivity index is 2.00. The van der Waals surface area contributed by atoms with Gasteiger partial charge >= 0.3 is 0 Å². The standard InChI is InChI=1S/C17H16N2O4S/c1-11(20)19-14-7-8-15(24(22,23)18-9-2-3-10-18)12-5-4-6-13(16(12)14)17(19)21/h4-8H,2-3,9-10H2,1H3. The number of imide groups is 1. The van der Waals surface area contributed by atoms with Crippen molar-refractivity contribution in [2.75, 3.05) is 18.0 Å². The van der Waals surface area contributed by atoms with Gasteiger partial charge in [-0.15, -0.1) is 0 Å². The number of carbonyl (C=O) groups is 2. The molecule has 0 bridgehead atoms. The van der Waals surface area contributed by atoms with Crippen LogP contribution in [-0.4, -0.2) is 37.6 Å². The summed E-state index contributed by atoms with van der Waals surface area (Å²) in [7, 11) is -3.61. The van der Waals surface area contributed by atoms with Gasteiger partial charge in [-0.25, -0.2) is 13.3 Å². The third-order valence-electron chi connectivity index (χ3n) is 4.65. The average Bonchev–Trinajstić information content (AvgIpc) is 3.17. The SMILES string of the molecule is CC(=O)N1C(=O)c2cccc3c(S(=O)(=O)N4CCCC4)ccc1c23. The molecule has 7 heteroatoms. The highest BCUT2D eigenvalue weighted by Crippen LogP contribution is 2.41. The van der Waals surface area contributed by atoms with E-state index in [4.69, 9.17) is 0 Å². The third kappa shape index (κ3) is 1.94. The maximum absolute atomic E-state index is 12.9. The number of nitrogens with zero attached hydrogens (tertiary/aromatic N) is 2. The molecule has 0 saturated carbocycles. The molecule has 2 heterocycles. The van der Waals surface area contributed by atoms with E-state index in [0.717, 1.165) is 17.7 Å². The molecular weight excluding hydrogens is 328 g/mol. The Hall–Kier alpha value is -2.25. The molecule has 0 aromatic heterocycles. The Kier molecular flexibility index (Phi) is 3.26. The third-order valence-corrected chi connectivity index (χ3v) is 6.61. The molecular formula is C17H16N2O4S. The monoisotopic (exact) mass is 344 g/mol. The summed E-state index contributed by atoms with van der Waals surface area (Å²) >= 11 is 0. The molecule has 0 N–H and O–H groups in total. The molecule has 4 rings (SSSR count). The van der Waals surface area contributed by atoms with Crippen molar-refractivity contribution in [3.8, 4) is 0 Å². The molecule has 0 aliphatic carbocycles. The van der Waals surface area contributed by atoms with Crippen molar-refractivity contribution in [3.63, 3.8) is 0 Å². The highest BCUT2D eigenvalue weighted by molar-refractivity contribution is 7.89.